The number of hydrogen-bond donors (Lipinski definition) is 1. The first-order valence-corrected chi connectivity index (χ1v) is 11.4. The van der Waals surface area contributed by atoms with Crippen molar-refractivity contribution < 1.29 is 9.72 Å². The van der Waals surface area contributed by atoms with E-state index in [1.807, 2.05) is 17.6 Å². The second-order valence-electron chi connectivity index (χ2n) is 8.07. The van der Waals surface area contributed by atoms with Crippen molar-refractivity contribution in [1.29, 1.82) is 0 Å². The lowest BCUT2D eigenvalue weighted by molar-refractivity contribution is -0.384. The number of carbonyl (C=O) groups excluding carboxylic acids is 1. The smallest absolute Gasteiger partial charge is 0.269 e. The minimum Gasteiger partial charge on any atom is -0.320 e. The highest BCUT2D eigenvalue weighted by Gasteiger charge is 2.17. The SMILES string of the molecule is CCCCc1nc2cc(NC(=O)c3cccc(Cl)c3)c(C)nc2n1Cc1ccc([N+](=O)[O-])cc1. The van der Waals surface area contributed by atoms with Crippen molar-refractivity contribution in [2.75, 3.05) is 5.32 Å². The molecule has 2 heterocycles. The highest BCUT2D eigenvalue weighted by molar-refractivity contribution is 6.31. The Labute approximate surface area is 201 Å². The van der Waals surface area contributed by atoms with Crippen molar-refractivity contribution >= 4 is 40.0 Å². The number of rotatable bonds is 8. The monoisotopic (exact) mass is 477 g/mol. The Morgan fingerprint density at radius 3 is 2.59 bits per heavy atom. The second kappa shape index (κ2) is 10.0. The molecule has 1 amide bonds. The zero-order valence-corrected chi connectivity index (χ0v) is 19.7. The van der Waals surface area contributed by atoms with Crippen LogP contribution in [0.5, 0.6) is 0 Å². The van der Waals surface area contributed by atoms with Crippen LogP contribution in [0.1, 0.15) is 47.2 Å². The third-order valence-electron chi connectivity index (χ3n) is 5.57. The van der Waals surface area contributed by atoms with Crippen molar-refractivity contribution in [2.45, 2.75) is 39.7 Å². The molecule has 174 valence electrons. The number of nitro groups is 1. The van der Waals surface area contributed by atoms with Crippen LogP contribution in [0.4, 0.5) is 11.4 Å². The maximum absolute atomic E-state index is 12.7. The fraction of sp³-hybridized carbons (Fsp3) is 0.240. The van der Waals surface area contributed by atoms with Gasteiger partial charge in [0.15, 0.2) is 5.65 Å². The van der Waals surface area contributed by atoms with E-state index in [1.165, 1.54) is 12.1 Å². The number of aromatic nitrogens is 3. The first-order chi connectivity index (χ1) is 16.4. The number of nitro benzene ring substituents is 1. The van der Waals surface area contributed by atoms with Gasteiger partial charge in [-0.25, -0.2) is 9.97 Å². The number of hydrogen-bond acceptors (Lipinski definition) is 5. The molecule has 34 heavy (non-hydrogen) atoms. The van der Waals surface area contributed by atoms with E-state index >= 15 is 0 Å². The van der Waals surface area contributed by atoms with E-state index in [9.17, 15) is 14.9 Å². The van der Waals surface area contributed by atoms with Gasteiger partial charge in [0.25, 0.3) is 11.6 Å². The van der Waals surface area contributed by atoms with E-state index in [-0.39, 0.29) is 11.6 Å². The van der Waals surface area contributed by atoms with Crippen LogP contribution in [0.15, 0.2) is 54.6 Å². The molecule has 0 saturated carbocycles. The Hall–Kier alpha value is -3.78. The van der Waals surface area contributed by atoms with Gasteiger partial charge in [0.2, 0.25) is 0 Å². The number of non-ortho nitro benzene ring substituents is 1. The molecule has 4 aromatic rings. The molecule has 0 saturated heterocycles. The molecular formula is C25H24ClN5O3. The molecule has 0 fully saturated rings. The summed E-state index contributed by atoms with van der Waals surface area (Å²) in [5.74, 6) is 0.615. The third-order valence-corrected chi connectivity index (χ3v) is 5.80. The molecule has 0 unspecified atom stereocenters. The van der Waals surface area contributed by atoms with Crippen LogP contribution < -0.4 is 5.32 Å². The van der Waals surface area contributed by atoms with Crippen molar-refractivity contribution in [3.8, 4) is 0 Å². The molecule has 9 heteroatoms. The fourth-order valence-corrected chi connectivity index (χ4v) is 3.92. The number of aryl methyl sites for hydroxylation is 2. The number of imidazole rings is 1. The molecule has 2 aromatic heterocycles. The number of carbonyl (C=O) groups is 1. The predicted octanol–water partition coefficient (Wildman–Crippen LogP) is 5.94. The van der Waals surface area contributed by atoms with E-state index in [0.29, 0.717) is 39.7 Å². The molecular weight excluding hydrogens is 454 g/mol. The van der Waals surface area contributed by atoms with Gasteiger partial charge in [-0.05, 0) is 43.2 Å². The summed E-state index contributed by atoms with van der Waals surface area (Å²) in [7, 11) is 0. The van der Waals surface area contributed by atoms with Crippen molar-refractivity contribution in [2.24, 2.45) is 0 Å². The van der Waals surface area contributed by atoms with Crippen molar-refractivity contribution in [3.05, 3.63) is 92.4 Å². The molecule has 0 bridgehead atoms. The summed E-state index contributed by atoms with van der Waals surface area (Å²) in [6, 6.07) is 15.1. The summed E-state index contributed by atoms with van der Waals surface area (Å²) in [6.07, 6.45) is 2.78. The van der Waals surface area contributed by atoms with Crippen LogP contribution in [0.3, 0.4) is 0 Å². The lowest BCUT2D eigenvalue weighted by Crippen LogP contribution is -2.13. The first-order valence-electron chi connectivity index (χ1n) is 11.0. The molecule has 1 N–H and O–H groups in total. The highest BCUT2D eigenvalue weighted by atomic mass is 35.5. The summed E-state index contributed by atoms with van der Waals surface area (Å²) in [4.78, 5) is 32.8. The number of nitrogens with zero attached hydrogens (tertiary/aromatic N) is 4. The average Bonchev–Trinajstić information content (AvgIpc) is 3.14. The topological polar surface area (TPSA) is 103 Å². The number of amides is 1. The number of fused-ring (bicyclic) bond motifs is 1. The van der Waals surface area contributed by atoms with Crippen molar-refractivity contribution in [3.63, 3.8) is 0 Å². The highest BCUT2D eigenvalue weighted by Crippen LogP contribution is 2.25. The lowest BCUT2D eigenvalue weighted by Gasteiger charge is -2.11. The molecule has 0 radical (unpaired) electrons. The zero-order valence-electron chi connectivity index (χ0n) is 18.9. The number of anilines is 1. The molecule has 0 atom stereocenters. The van der Waals surface area contributed by atoms with E-state index in [0.717, 1.165) is 30.7 Å². The van der Waals surface area contributed by atoms with Gasteiger partial charge >= 0.3 is 0 Å². The van der Waals surface area contributed by atoms with Gasteiger partial charge in [-0.2, -0.15) is 0 Å². The normalized spacial score (nSPS) is 11.0. The Morgan fingerprint density at radius 1 is 1.15 bits per heavy atom. The minimum atomic E-state index is -0.410. The number of pyridine rings is 1. The van der Waals surface area contributed by atoms with Gasteiger partial charge in [0, 0.05) is 29.1 Å². The van der Waals surface area contributed by atoms with Crippen molar-refractivity contribution in [1.82, 2.24) is 14.5 Å². The predicted molar refractivity (Wildman–Crippen MR) is 132 cm³/mol. The van der Waals surface area contributed by atoms with Crippen LogP contribution in [0.2, 0.25) is 5.02 Å². The number of nitrogens with one attached hydrogen (secondary N) is 1. The largest absolute Gasteiger partial charge is 0.320 e. The van der Waals surface area contributed by atoms with Crippen LogP contribution in [0.25, 0.3) is 11.2 Å². The lowest BCUT2D eigenvalue weighted by atomic mass is 10.2. The van der Waals surface area contributed by atoms with E-state index in [1.54, 1.807) is 36.4 Å². The van der Waals surface area contributed by atoms with Crippen LogP contribution in [0, 0.1) is 17.0 Å². The van der Waals surface area contributed by atoms with Crippen LogP contribution in [-0.4, -0.2) is 25.4 Å². The van der Waals surface area contributed by atoms with Gasteiger partial charge in [-0.1, -0.05) is 43.1 Å². The molecule has 2 aromatic carbocycles. The number of unbranched alkanes of at least 4 members (excludes halogenated alkanes) is 1. The summed E-state index contributed by atoms with van der Waals surface area (Å²) >= 11 is 6.02. The minimum absolute atomic E-state index is 0.0551. The van der Waals surface area contributed by atoms with Gasteiger partial charge < -0.3 is 9.88 Å². The van der Waals surface area contributed by atoms with E-state index < -0.39 is 4.92 Å². The molecule has 4 rings (SSSR count). The second-order valence-corrected chi connectivity index (χ2v) is 8.51. The molecule has 0 aliphatic rings. The Morgan fingerprint density at radius 2 is 1.91 bits per heavy atom. The fourth-order valence-electron chi connectivity index (χ4n) is 3.73. The number of benzene rings is 2. The van der Waals surface area contributed by atoms with E-state index in [4.69, 9.17) is 21.6 Å². The maximum atomic E-state index is 12.7. The molecule has 8 nitrogen and oxygen atoms in total. The average molecular weight is 478 g/mol. The van der Waals surface area contributed by atoms with Gasteiger partial charge in [0.1, 0.15) is 11.3 Å². The zero-order chi connectivity index (χ0) is 24.2. The quantitative estimate of drug-likeness (QED) is 0.249. The third kappa shape index (κ3) is 5.07. The van der Waals surface area contributed by atoms with Crippen LogP contribution >= 0.6 is 11.6 Å². The Bertz CT molecular complexity index is 1370. The summed E-state index contributed by atoms with van der Waals surface area (Å²) in [5, 5.41) is 14.4. The summed E-state index contributed by atoms with van der Waals surface area (Å²) < 4.78 is 2.04. The van der Waals surface area contributed by atoms with Gasteiger partial charge in [-0.15, -0.1) is 0 Å². The Kier molecular flexibility index (Phi) is 6.88. The molecule has 0 aliphatic carbocycles. The number of halogens is 1. The summed E-state index contributed by atoms with van der Waals surface area (Å²) in [5.41, 5.74) is 4.07. The maximum Gasteiger partial charge on any atom is 0.269 e. The molecule has 0 aliphatic heterocycles. The van der Waals surface area contributed by atoms with Gasteiger partial charge in [0.05, 0.1) is 22.8 Å². The van der Waals surface area contributed by atoms with Crippen LogP contribution in [-0.2, 0) is 13.0 Å². The summed E-state index contributed by atoms with van der Waals surface area (Å²) in [6.45, 7) is 4.45. The van der Waals surface area contributed by atoms with Gasteiger partial charge in [-0.3, -0.25) is 14.9 Å². The molecule has 0 spiro atoms. The standard InChI is InChI=1S/C25H24ClN5O3/c1-3-4-8-23-28-22-14-21(29-25(32)18-6-5-7-19(26)13-18)16(2)27-24(22)30(23)15-17-9-11-20(12-10-17)31(33)34/h5-7,9-14H,3-4,8,15H2,1-2H3,(H,29,32). The van der Waals surface area contributed by atoms with E-state index in [2.05, 4.69) is 12.2 Å². The first kappa shape index (κ1) is 23.4. The Balaban J connectivity index is 1.68.